The Balaban J connectivity index is 1.63. The number of nitrogens with two attached hydrogens (primary N) is 1. The molecule has 0 spiro atoms. The maximum Gasteiger partial charge on any atom is 0.416 e. The number of amidine groups is 1. The summed E-state index contributed by atoms with van der Waals surface area (Å²) in [5, 5.41) is 2.62. The Hall–Kier alpha value is -3.43. The standard InChI is InChI=1S/C22H20F5N3O2/c23-17-2-1-3-18(24)20(17)21(31)30-19(28)8-9-29-11-14-6-7-15(32-12-13-4-5-13)10-16(14)22(25,26)27/h1-3,6-10,13,29H,4-5,11-12H2,(H2,28,30,31)/b9-8-. The minimum absolute atomic E-state index is 0.0269. The van der Waals surface area contributed by atoms with E-state index in [1.54, 1.807) is 0 Å². The van der Waals surface area contributed by atoms with Crippen molar-refractivity contribution >= 4 is 11.7 Å². The van der Waals surface area contributed by atoms with E-state index >= 15 is 0 Å². The van der Waals surface area contributed by atoms with Crippen LogP contribution in [0.15, 0.2) is 53.7 Å². The fraction of sp³-hybridized carbons (Fsp3) is 0.273. The zero-order chi connectivity index (χ0) is 23.3. The van der Waals surface area contributed by atoms with Gasteiger partial charge in [0, 0.05) is 12.7 Å². The van der Waals surface area contributed by atoms with Crippen LogP contribution >= 0.6 is 0 Å². The highest BCUT2D eigenvalue weighted by molar-refractivity contribution is 6.06. The molecule has 1 aliphatic carbocycles. The predicted molar refractivity (Wildman–Crippen MR) is 108 cm³/mol. The SMILES string of the molecule is NC(/C=C\NCc1ccc(OCC2CC2)cc1C(F)(F)F)=NC(=O)c1c(F)cccc1F. The molecule has 3 rings (SSSR count). The highest BCUT2D eigenvalue weighted by atomic mass is 19.4. The molecule has 170 valence electrons. The number of nitrogens with one attached hydrogen (secondary N) is 1. The van der Waals surface area contributed by atoms with Gasteiger partial charge in [-0.2, -0.15) is 18.2 Å². The molecule has 2 aromatic carbocycles. The first-order chi connectivity index (χ1) is 15.1. The average molecular weight is 453 g/mol. The lowest BCUT2D eigenvalue weighted by atomic mass is 10.1. The number of rotatable bonds is 8. The second-order valence-electron chi connectivity index (χ2n) is 7.22. The van der Waals surface area contributed by atoms with Crippen molar-refractivity contribution < 1.29 is 31.5 Å². The molecule has 32 heavy (non-hydrogen) atoms. The van der Waals surface area contributed by atoms with Gasteiger partial charge in [0.1, 0.15) is 28.8 Å². The molecule has 0 unspecified atom stereocenters. The van der Waals surface area contributed by atoms with E-state index in [0.29, 0.717) is 12.5 Å². The molecular formula is C22H20F5N3O2. The minimum Gasteiger partial charge on any atom is -0.493 e. The summed E-state index contributed by atoms with van der Waals surface area (Å²) in [5.74, 6) is -3.21. The van der Waals surface area contributed by atoms with Crippen LogP contribution in [0.3, 0.4) is 0 Å². The van der Waals surface area contributed by atoms with Crippen LogP contribution in [0.5, 0.6) is 5.75 Å². The van der Waals surface area contributed by atoms with Gasteiger partial charge in [-0.05, 0) is 54.7 Å². The summed E-state index contributed by atoms with van der Waals surface area (Å²) in [4.78, 5) is 15.3. The van der Waals surface area contributed by atoms with Crippen LogP contribution in [0.4, 0.5) is 22.0 Å². The third-order valence-electron chi connectivity index (χ3n) is 4.64. The van der Waals surface area contributed by atoms with Crippen molar-refractivity contribution in [3.8, 4) is 5.75 Å². The molecule has 0 aliphatic heterocycles. The van der Waals surface area contributed by atoms with Crippen LogP contribution in [0, 0.1) is 17.6 Å². The molecular weight excluding hydrogens is 433 g/mol. The highest BCUT2D eigenvalue weighted by Crippen LogP contribution is 2.35. The Morgan fingerprint density at radius 2 is 1.88 bits per heavy atom. The second kappa shape index (κ2) is 9.80. The topological polar surface area (TPSA) is 76.7 Å². The van der Waals surface area contributed by atoms with Gasteiger partial charge in [0.15, 0.2) is 0 Å². The number of carbonyl (C=O) groups is 1. The molecule has 0 radical (unpaired) electrons. The fourth-order valence-electron chi connectivity index (χ4n) is 2.79. The summed E-state index contributed by atoms with van der Waals surface area (Å²) in [6, 6.07) is 6.64. The van der Waals surface area contributed by atoms with Crippen molar-refractivity contribution in [1.29, 1.82) is 0 Å². The van der Waals surface area contributed by atoms with Crippen LogP contribution in [-0.2, 0) is 12.7 Å². The maximum atomic E-state index is 13.6. The van der Waals surface area contributed by atoms with E-state index in [2.05, 4.69) is 10.3 Å². The summed E-state index contributed by atoms with van der Waals surface area (Å²) >= 11 is 0. The molecule has 1 fully saturated rings. The van der Waals surface area contributed by atoms with Crippen molar-refractivity contribution in [3.63, 3.8) is 0 Å². The fourth-order valence-corrected chi connectivity index (χ4v) is 2.79. The van der Waals surface area contributed by atoms with E-state index in [1.807, 2.05) is 0 Å². The number of benzene rings is 2. The predicted octanol–water partition coefficient (Wildman–Crippen LogP) is 4.57. The molecule has 2 aromatic rings. The van der Waals surface area contributed by atoms with Crippen molar-refractivity contribution in [1.82, 2.24) is 5.32 Å². The Bertz CT molecular complexity index is 1030. The Morgan fingerprint density at radius 1 is 1.19 bits per heavy atom. The van der Waals surface area contributed by atoms with Gasteiger partial charge in [0.05, 0.1) is 12.2 Å². The summed E-state index contributed by atoms with van der Waals surface area (Å²) < 4.78 is 72.8. The van der Waals surface area contributed by atoms with Crippen LogP contribution in [-0.4, -0.2) is 18.3 Å². The van der Waals surface area contributed by atoms with Gasteiger partial charge in [-0.15, -0.1) is 0 Å². The molecule has 0 saturated heterocycles. The molecule has 1 saturated carbocycles. The van der Waals surface area contributed by atoms with Crippen molar-refractivity contribution in [2.45, 2.75) is 25.6 Å². The number of hydrogen-bond donors (Lipinski definition) is 2. The number of carbonyl (C=O) groups excluding carboxylic acids is 1. The van der Waals surface area contributed by atoms with Gasteiger partial charge in [-0.1, -0.05) is 12.1 Å². The lowest BCUT2D eigenvalue weighted by Crippen LogP contribution is -2.16. The van der Waals surface area contributed by atoms with Crippen molar-refractivity contribution in [2.24, 2.45) is 16.6 Å². The number of aliphatic imine (C=N–C) groups is 1. The van der Waals surface area contributed by atoms with Gasteiger partial charge in [-0.25, -0.2) is 8.78 Å². The third kappa shape index (κ3) is 6.29. The summed E-state index contributed by atoms with van der Waals surface area (Å²) in [6.45, 7) is 0.198. The largest absolute Gasteiger partial charge is 0.493 e. The number of nitrogens with zero attached hydrogens (tertiary/aromatic N) is 1. The normalized spacial score (nSPS) is 14.6. The first-order valence-electron chi connectivity index (χ1n) is 9.70. The molecule has 0 bridgehead atoms. The monoisotopic (exact) mass is 453 g/mol. The van der Waals surface area contributed by atoms with Crippen LogP contribution in [0.25, 0.3) is 0 Å². The molecule has 1 aliphatic rings. The van der Waals surface area contributed by atoms with Crippen molar-refractivity contribution in [3.05, 3.63) is 77.0 Å². The lowest BCUT2D eigenvalue weighted by molar-refractivity contribution is -0.138. The van der Waals surface area contributed by atoms with E-state index in [9.17, 15) is 26.7 Å². The van der Waals surface area contributed by atoms with Gasteiger partial charge >= 0.3 is 6.18 Å². The molecule has 0 aromatic heterocycles. The quantitative estimate of drug-likeness (QED) is 0.349. The highest BCUT2D eigenvalue weighted by Gasteiger charge is 2.34. The lowest BCUT2D eigenvalue weighted by Gasteiger charge is -2.15. The molecule has 0 heterocycles. The summed E-state index contributed by atoms with van der Waals surface area (Å²) in [7, 11) is 0. The first-order valence-corrected chi connectivity index (χ1v) is 9.70. The van der Waals surface area contributed by atoms with E-state index in [1.165, 1.54) is 18.3 Å². The van der Waals surface area contributed by atoms with Gasteiger partial charge in [0.2, 0.25) is 0 Å². The average Bonchev–Trinajstić information content (AvgIpc) is 3.54. The Kier molecular flexibility index (Phi) is 7.12. The van der Waals surface area contributed by atoms with Gasteiger partial charge < -0.3 is 15.8 Å². The molecule has 10 heteroatoms. The zero-order valence-corrected chi connectivity index (χ0v) is 16.8. The second-order valence-corrected chi connectivity index (χ2v) is 7.22. The van der Waals surface area contributed by atoms with Gasteiger partial charge in [-0.3, -0.25) is 4.79 Å². The van der Waals surface area contributed by atoms with Crippen LogP contribution in [0.1, 0.15) is 34.3 Å². The van der Waals surface area contributed by atoms with Crippen LogP contribution < -0.4 is 15.8 Å². The maximum absolute atomic E-state index is 13.6. The van der Waals surface area contributed by atoms with Crippen molar-refractivity contribution in [2.75, 3.05) is 6.61 Å². The number of halogens is 5. The smallest absolute Gasteiger partial charge is 0.416 e. The molecule has 0 atom stereocenters. The zero-order valence-electron chi connectivity index (χ0n) is 16.8. The minimum atomic E-state index is -4.57. The van der Waals surface area contributed by atoms with E-state index in [4.69, 9.17) is 10.5 Å². The Morgan fingerprint density at radius 3 is 2.50 bits per heavy atom. The third-order valence-corrected chi connectivity index (χ3v) is 4.64. The number of ether oxygens (including phenoxy) is 1. The number of hydrogen-bond acceptors (Lipinski definition) is 3. The number of amides is 1. The van der Waals surface area contributed by atoms with Crippen LogP contribution in [0.2, 0.25) is 0 Å². The molecule has 1 amide bonds. The summed E-state index contributed by atoms with van der Waals surface area (Å²) in [5.41, 5.74) is 3.82. The number of alkyl halides is 3. The van der Waals surface area contributed by atoms with E-state index in [0.717, 1.165) is 43.2 Å². The molecule has 3 N–H and O–H groups in total. The summed E-state index contributed by atoms with van der Waals surface area (Å²) in [6.07, 6.45) is -0.254. The van der Waals surface area contributed by atoms with E-state index in [-0.39, 0.29) is 23.7 Å². The van der Waals surface area contributed by atoms with E-state index < -0.39 is 34.8 Å². The van der Waals surface area contributed by atoms with Gasteiger partial charge in [0.25, 0.3) is 5.91 Å². The first kappa shape index (κ1) is 23.2. The Labute approximate surface area is 180 Å². The molecule has 5 nitrogen and oxygen atoms in total.